The number of nitro groups is 1. The number of nitrogens with one attached hydrogen (secondary N) is 1. The summed E-state index contributed by atoms with van der Waals surface area (Å²) in [6.45, 7) is 1.73. The molecule has 1 aliphatic carbocycles. The van der Waals surface area contributed by atoms with Crippen molar-refractivity contribution in [2.45, 2.75) is 37.5 Å². The van der Waals surface area contributed by atoms with Crippen molar-refractivity contribution in [1.82, 2.24) is 4.98 Å². The molecule has 2 unspecified atom stereocenters. The van der Waals surface area contributed by atoms with E-state index < -0.39 is 4.92 Å². The van der Waals surface area contributed by atoms with E-state index in [2.05, 4.69) is 32.5 Å². The Hall–Kier alpha value is -0.820. The molecule has 1 aliphatic rings. The molecule has 0 aliphatic heterocycles. The van der Waals surface area contributed by atoms with Crippen molar-refractivity contribution in [1.29, 1.82) is 0 Å². The lowest BCUT2D eigenvalue weighted by Gasteiger charge is -2.20. The molecule has 1 heterocycles. The van der Waals surface area contributed by atoms with Gasteiger partial charge in [-0.25, -0.2) is 4.98 Å². The first-order valence-electron chi connectivity index (χ1n) is 6.13. The van der Waals surface area contributed by atoms with Crippen molar-refractivity contribution in [2.75, 3.05) is 11.6 Å². The molecular weight excluding hydrogens is 330 g/mol. The molecule has 19 heavy (non-hydrogen) atoms. The topological polar surface area (TPSA) is 68.1 Å². The third-order valence-electron chi connectivity index (χ3n) is 3.51. The fraction of sp³-hybridized carbons (Fsp3) is 0.583. The Labute approximate surface area is 124 Å². The summed E-state index contributed by atoms with van der Waals surface area (Å²) in [5.74, 6) is 0.703. The van der Waals surface area contributed by atoms with Crippen LogP contribution in [0.25, 0.3) is 0 Å². The standard InChI is InChI=1S/C12H16BrN3O2S/c1-7-9(16(17)18)6-14-12(11(7)13)15-8-4-3-5-10(8)19-2/h6,8,10H,3-5H2,1-2H3,(H,14,15). The molecule has 0 aromatic carbocycles. The first-order valence-corrected chi connectivity index (χ1v) is 8.21. The summed E-state index contributed by atoms with van der Waals surface area (Å²) >= 11 is 5.28. The molecule has 0 bridgehead atoms. The number of nitrogens with zero attached hydrogens (tertiary/aromatic N) is 2. The van der Waals surface area contributed by atoms with Gasteiger partial charge in [0.2, 0.25) is 0 Å². The zero-order valence-electron chi connectivity index (χ0n) is 10.9. The molecule has 2 atom stereocenters. The van der Waals surface area contributed by atoms with Gasteiger partial charge < -0.3 is 5.32 Å². The SMILES string of the molecule is CSC1CCCC1Nc1ncc([N+](=O)[O-])c(C)c1Br. The van der Waals surface area contributed by atoms with Crippen molar-refractivity contribution < 1.29 is 4.92 Å². The maximum absolute atomic E-state index is 10.8. The quantitative estimate of drug-likeness (QED) is 0.664. The molecular formula is C12H16BrN3O2S. The van der Waals surface area contributed by atoms with Crippen LogP contribution in [0.5, 0.6) is 0 Å². The number of halogens is 1. The summed E-state index contributed by atoms with van der Waals surface area (Å²) in [6.07, 6.45) is 6.99. The minimum Gasteiger partial charge on any atom is -0.365 e. The molecule has 1 aromatic rings. The van der Waals surface area contributed by atoms with E-state index in [1.807, 2.05) is 11.8 Å². The smallest absolute Gasteiger partial charge is 0.291 e. The number of pyridine rings is 1. The number of rotatable bonds is 4. The zero-order valence-corrected chi connectivity index (χ0v) is 13.3. The van der Waals surface area contributed by atoms with E-state index in [1.54, 1.807) is 6.92 Å². The van der Waals surface area contributed by atoms with Gasteiger partial charge in [-0.15, -0.1) is 0 Å². The second-order valence-corrected chi connectivity index (χ2v) is 6.51. The fourth-order valence-corrected chi connectivity index (χ4v) is 3.76. The summed E-state index contributed by atoms with van der Waals surface area (Å²) in [6, 6.07) is 0.389. The predicted octanol–water partition coefficient (Wildman–Crippen LogP) is 3.76. The molecule has 0 amide bonds. The number of anilines is 1. The summed E-state index contributed by atoms with van der Waals surface area (Å²) in [4.78, 5) is 14.6. The first-order chi connectivity index (χ1) is 9.04. The van der Waals surface area contributed by atoms with Crippen LogP contribution in [-0.2, 0) is 0 Å². The Kier molecular flexibility index (Phi) is 4.67. The van der Waals surface area contributed by atoms with Crippen molar-refractivity contribution in [2.24, 2.45) is 0 Å². The largest absolute Gasteiger partial charge is 0.365 e. The lowest BCUT2D eigenvalue weighted by Crippen LogP contribution is -2.26. The van der Waals surface area contributed by atoms with Gasteiger partial charge in [0.1, 0.15) is 12.0 Å². The second-order valence-electron chi connectivity index (χ2n) is 4.64. The van der Waals surface area contributed by atoms with Crippen molar-refractivity contribution in [3.8, 4) is 0 Å². The Morgan fingerprint density at radius 1 is 1.58 bits per heavy atom. The van der Waals surface area contributed by atoms with Gasteiger partial charge in [0.25, 0.3) is 5.69 Å². The molecule has 1 fully saturated rings. The average Bonchev–Trinajstić information content (AvgIpc) is 2.82. The van der Waals surface area contributed by atoms with Crippen molar-refractivity contribution in [3.05, 3.63) is 26.3 Å². The molecule has 0 spiro atoms. The van der Waals surface area contributed by atoms with Crippen LogP contribution in [0.3, 0.4) is 0 Å². The Bertz CT molecular complexity index is 498. The minimum absolute atomic E-state index is 0.0465. The highest BCUT2D eigenvalue weighted by Crippen LogP contribution is 2.35. The van der Waals surface area contributed by atoms with Gasteiger partial charge in [-0.3, -0.25) is 10.1 Å². The van der Waals surface area contributed by atoms with E-state index in [-0.39, 0.29) is 5.69 Å². The minimum atomic E-state index is -0.406. The van der Waals surface area contributed by atoms with Crippen LogP contribution < -0.4 is 5.32 Å². The number of thioether (sulfide) groups is 1. The van der Waals surface area contributed by atoms with Gasteiger partial charge in [0, 0.05) is 16.9 Å². The van der Waals surface area contributed by atoms with Crippen molar-refractivity contribution in [3.63, 3.8) is 0 Å². The van der Waals surface area contributed by atoms with Gasteiger partial charge in [-0.05, 0) is 42.0 Å². The molecule has 1 N–H and O–H groups in total. The van der Waals surface area contributed by atoms with Gasteiger partial charge in [0.15, 0.2) is 0 Å². The summed E-state index contributed by atoms with van der Waals surface area (Å²) in [5.41, 5.74) is 0.659. The summed E-state index contributed by atoms with van der Waals surface area (Å²) in [5, 5.41) is 14.9. The Balaban J connectivity index is 2.22. The zero-order chi connectivity index (χ0) is 14.0. The Morgan fingerprint density at radius 2 is 2.32 bits per heavy atom. The molecule has 2 rings (SSSR count). The van der Waals surface area contributed by atoms with Crippen LogP contribution in [0.2, 0.25) is 0 Å². The molecule has 0 radical (unpaired) electrons. The monoisotopic (exact) mass is 345 g/mol. The van der Waals surface area contributed by atoms with Crippen LogP contribution in [0.4, 0.5) is 11.5 Å². The van der Waals surface area contributed by atoms with Crippen LogP contribution in [0.1, 0.15) is 24.8 Å². The van der Waals surface area contributed by atoms with Crippen molar-refractivity contribution >= 4 is 39.2 Å². The maximum atomic E-state index is 10.8. The van der Waals surface area contributed by atoms with Crippen LogP contribution >= 0.6 is 27.7 Å². The fourth-order valence-electron chi connectivity index (χ4n) is 2.40. The first kappa shape index (κ1) is 14.6. The van der Waals surface area contributed by atoms with E-state index in [0.717, 1.165) is 6.42 Å². The third kappa shape index (κ3) is 3.02. The lowest BCUT2D eigenvalue weighted by molar-refractivity contribution is -0.385. The normalized spacial score (nSPS) is 22.5. The molecule has 0 saturated heterocycles. The average molecular weight is 346 g/mol. The maximum Gasteiger partial charge on any atom is 0.291 e. The van der Waals surface area contributed by atoms with E-state index in [4.69, 9.17) is 0 Å². The van der Waals surface area contributed by atoms with Crippen LogP contribution in [0.15, 0.2) is 10.7 Å². The second kappa shape index (κ2) is 6.09. The number of hydrogen-bond donors (Lipinski definition) is 1. The molecule has 1 saturated carbocycles. The number of aromatic nitrogens is 1. The van der Waals surface area contributed by atoms with E-state index in [1.165, 1.54) is 19.0 Å². The highest BCUT2D eigenvalue weighted by molar-refractivity contribution is 9.10. The number of hydrogen-bond acceptors (Lipinski definition) is 5. The van der Waals surface area contributed by atoms with Gasteiger partial charge in [0.05, 0.1) is 9.40 Å². The highest BCUT2D eigenvalue weighted by Gasteiger charge is 2.28. The predicted molar refractivity (Wildman–Crippen MR) is 81.9 cm³/mol. The van der Waals surface area contributed by atoms with Crippen LogP contribution in [-0.4, -0.2) is 27.5 Å². The molecule has 5 nitrogen and oxygen atoms in total. The summed E-state index contributed by atoms with van der Waals surface area (Å²) in [7, 11) is 0. The van der Waals surface area contributed by atoms with Gasteiger partial charge >= 0.3 is 0 Å². The highest BCUT2D eigenvalue weighted by atomic mass is 79.9. The molecule has 1 aromatic heterocycles. The third-order valence-corrected chi connectivity index (χ3v) is 5.65. The lowest BCUT2D eigenvalue weighted by atomic mass is 10.2. The summed E-state index contributed by atoms with van der Waals surface area (Å²) < 4.78 is 0.688. The van der Waals surface area contributed by atoms with E-state index in [9.17, 15) is 10.1 Å². The van der Waals surface area contributed by atoms with Crippen LogP contribution in [0, 0.1) is 17.0 Å². The molecule has 104 valence electrons. The van der Waals surface area contributed by atoms with Gasteiger partial charge in [-0.1, -0.05) is 6.42 Å². The molecule has 7 heteroatoms. The Morgan fingerprint density at radius 3 is 2.95 bits per heavy atom. The van der Waals surface area contributed by atoms with E-state index >= 15 is 0 Å². The van der Waals surface area contributed by atoms with E-state index in [0.29, 0.717) is 27.1 Å². The van der Waals surface area contributed by atoms with Gasteiger partial charge in [-0.2, -0.15) is 11.8 Å².